The number of rotatable bonds is 2. The summed E-state index contributed by atoms with van der Waals surface area (Å²) < 4.78 is 2.34. The first kappa shape index (κ1) is 11.5. The molecule has 3 nitrogen and oxygen atoms in total. The number of nitrogens with zero attached hydrogens (tertiary/aromatic N) is 2. The van der Waals surface area contributed by atoms with Crippen molar-refractivity contribution < 1.29 is 0 Å². The lowest BCUT2D eigenvalue weighted by molar-refractivity contribution is 0.315. The van der Waals surface area contributed by atoms with E-state index in [0.717, 1.165) is 6.54 Å². The molecule has 1 N–H and O–H groups in total. The van der Waals surface area contributed by atoms with Gasteiger partial charge in [-0.25, -0.2) is 4.98 Å². The highest BCUT2D eigenvalue weighted by atomic mass is 15.1. The van der Waals surface area contributed by atoms with Crippen LogP contribution in [0.1, 0.15) is 25.8 Å². The van der Waals surface area contributed by atoms with Crippen molar-refractivity contribution in [3.8, 4) is 11.3 Å². The van der Waals surface area contributed by atoms with Crippen molar-refractivity contribution >= 4 is 0 Å². The molecule has 2 atom stereocenters. The fourth-order valence-electron chi connectivity index (χ4n) is 2.79. The van der Waals surface area contributed by atoms with Gasteiger partial charge in [-0.15, -0.1) is 0 Å². The van der Waals surface area contributed by atoms with Crippen LogP contribution < -0.4 is 5.32 Å². The van der Waals surface area contributed by atoms with Gasteiger partial charge in [0.1, 0.15) is 0 Å². The lowest BCUT2D eigenvalue weighted by atomic mass is 10.00. The van der Waals surface area contributed by atoms with Gasteiger partial charge in [0.25, 0.3) is 0 Å². The molecule has 1 aromatic heterocycles. The maximum absolute atomic E-state index is 4.34. The highest BCUT2D eigenvalue weighted by Gasteiger charge is 2.21. The summed E-state index contributed by atoms with van der Waals surface area (Å²) in [6.07, 6.45) is 6.31. The molecule has 3 rings (SSSR count). The van der Waals surface area contributed by atoms with Crippen molar-refractivity contribution in [1.29, 1.82) is 0 Å². The molecule has 1 aliphatic rings. The molecule has 0 spiro atoms. The molecule has 0 saturated carbocycles. The van der Waals surface area contributed by atoms with Gasteiger partial charge >= 0.3 is 0 Å². The minimum atomic E-state index is 0.568. The van der Waals surface area contributed by atoms with Crippen LogP contribution in [-0.2, 0) is 0 Å². The first-order valence-electron chi connectivity index (χ1n) is 6.65. The van der Waals surface area contributed by atoms with Crippen LogP contribution in [0, 0.1) is 0 Å². The van der Waals surface area contributed by atoms with E-state index in [4.69, 9.17) is 0 Å². The van der Waals surface area contributed by atoms with E-state index >= 15 is 0 Å². The van der Waals surface area contributed by atoms with Gasteiger partial charge in [-0.05, 0) is 31.9 Å². The Bertz CT molecular complexity index is 503. The Kier molecular flexibility index (Phi) is 3.15. The Morgan fingerprint density at radius 1 is 1.28 bits per heavy atom. The number of imidazole rings is 1. The maximum Gasteiger partial charge on any atom is 0.0953 e. The second-order valence-electron chi connectivity index (χ2n) is 5.09. The van der Waals surface area contributed by atoms with Crippen molar-refractivity contribution in [2.75, 3.05) is 6.54 Å². The van der Waals surface area contributed by atoms with Gasteiger partial charge in [-0.2, -0.15) is 0 Å². The van der Waals surface area contributed by atoms with Crippen molar-refractivity contribution in [1.82, 2.24) is 14.9 Å². The predicted molar refractivity (Wildman–Crippen MR) is 73.4 cm³/mol. The van der Waals surface area contributed by atoms with E-state index in [1.807, 2.05) is 12.5 Å². The van der Waals surface area contributed by atoms with Crippen molar-refractivity contribution in [2.24, 2.45) is 0 Å². The van der Waals surface area contributed by atoms with Crippen LogP contribution in [0.3, 0.4) is 0 Å². The Balaban J connectivity index is 1.92. The molecule has 94 valence electrons. The first-order chi connectivity index (χ1) is 8.84. The average Bonchev–Trinajstić information content (AvgIpc) is 2.89. The predicted octanol–water partition coefficient (Wildman–Crippen LogP) is 2.86. The summed E-state index contributed by atoms with van der Waals surface area (Å²) >= 11 is 0. The molecule has 3 heteroatoms. The molecule has 1 fully saturated rings. The number of hydrogen-bond acceptors (Lipinski definition) is 2. The normalized spacial score (nSPS) is 24.1. The van der Waals surface area contributed by atoms with Crippen molar-refractivity contribution in [2.45, 2.75) is 31.8 Å². The van der Waals surface area contributed by atoms with Crippen LogP contribution in [0.15, 0.2) is 42.9 Å². The zero-order chi connectivity index (χ0) is 12.4. The van der Waals surface area contributed by atoms with Crippen LogP contribution in [0.5, 0.6) is 0 Å². The molecule has 0 aliphatic carbocycles. The second-order valence-corrected chi connectivity index (χ2v) is 5.09. The van der Waals surface area contributed by atoms with E-state index in [1.165, 1.54) is 24.1 Å². The van der Waals surface area contributed by atoms with Gasteiger partial charge in [0.15, 0.2) is 0 Å². The Hall–Kier alpha value is -1.61. The molecule has 0 radical (unpaired) electrons. The van der Waals surface area contributed by atoms with Gasteiger partial charge in [0, 0.05) is 12.1 Å². The third-order valence-corrected chi connectivity index (χ3v) is 3.72. The largest absolute Gasteiger partial charge is 0.327 e. The minimum absolute atomic E-state index is 0.568. The molecule has 2 unspecified atom stereocenters. The van der Waals surface area contributed by atoms with Gasteiger partial charge in [-0.3, -0.25) is 0 Å². The van der Waals surface area contributed by atoms with Crippen LogP contribution in [-0.4, -0.2) is 22.1 Å². The Morgan fingerprint density at radius 2 is 2.11 bits per heavy atom. The van der Waals surface area contributed by atoms with Crippen LogP contribution >= 0.6 is 0 Å². The molecule has 1 saturated heterocycles. The van der Waals surface area contributed by atoms with E-state index in [1.54, 1.807) is 0 Å². The molecule has 0 bridgehead atoms. The van der Waals surface area contributed by atoms with Crippen LogP contribution in [0.25, 0.3) is 11.3 Å². The van der Waals surface area contributed by atoms with Crippen LogP contribution in [0.4, 0.5) is 0 Å². The minimum Gasteiger partial charge on any atom is -0.327 e. The molecule has 0 amide bonds. The maximum atomic E-state index is 4.34. The number of hydrogen-bond donors (Lipinski definition) is 1. The smallest absolute Gasteiger partial charge is 0.0953 e. The second kappa shape index (κ2) is 4.94. The summed E-state index contributed by atoms with van der Waals surface area (Å²) in [4.78, 5) is 4.34. The highest BCUT2D eigenvalue weighted by molar-refractivity contribution is 5.58. The van der Waals surface area contributed by atoms with Gasteiger partial charge in [0.05, 0.1) is 18.2 Å². The molecule has 1 aromatic carbocycles. The fourth-order valence-corrected chi connectivity index (χ4v) is 2.79. The van der Waals surface area contributed by atoms with Gasteiger partial charge < -0.3 is 9.88 Å². The summed E-state index contributed by atoms with van der Waals surface area (Å²) in [7, 11) is 0. The summed E-state index contributed by atoms with van der Waals surface area (Å²) in [6, 6.07) is 11.7. The molecule has 2 aromatic rings. The summed E-state index contributed by atoms with van der Waals surface area (Å²) in [5.74, 6) is 0. The van der Waals surface area contributed by atoms with Crippen molar-refractivity contribution in [3.05, 3.63) is 42.9 Å². The highest BCUT2D eigenvalue weighted by Crippen LogP contribution is 2.28. The van der Waals surface area contributed by atoms with E-state index in [9.17, 15) is 0 Å². The zero-order valence-electron chi connectivity index (χ0n) is 10.7. The standard InChI is InChI=1S/C15H19N3/c1-12-9-14(7-8-17-12)18-11-16-10-15(18)13-5-3-2-4-6-13/h2-6,10-12,14,17H,7-9H2,1H3. The van der Waals surface area contributed by atoms with E-state index in [-0.39, 0.29) is 0 Å². The molecular weight excluding hydrogens is 222 g/mol. The molecule has 2 heterocycles. The number of piperidine rings is 1. The quantitative estimate of drug-likeness (QED) is 0.876. The zero-order valence-corrected chi connectivity index (χ0v) is 10.7. The first-order valence-corrected chi connectivity index (χ1v) is 6.65. The number of nitrogens with one attached hydrogen (secondary N) is 1. The van der Waals surface area contributed by atoms with Gasteiger partial charge in [0.2, 0.25) is 0 Å². The van der Waals surface area contributed by atoms with E-state index < -0.39 is 0 Å². The topological polar surface area (TPSA) is 29.9 Å². The van der Waals surface area contributed by atoms with Crippen molar-refractivity contribution in [3.63, 3.8) is 0 Å². The lowest BCUT2D eigenvalue weighted by Crippen LogP contribution is -2.36. The third kappa shape index (κ3) is 2.18. The average molecular weight is 241 g/mol. The van der Waals surface area contributed by atoms with Gasteiger partial charge in [-0.1, -0.05) is 30.3 Å². The molecule has 18 heavy (non-hydrogen) atoms. The number of benzene rings is 1. The Morgan fingerprint density at radius 3 is 2.89 bits per heavy atom. The van der Waals surface area contributed by atoms with Crippen LogP contribution in [0.2, 0.25) is 0 Å². The SMILES string of the molecule is CC1CC(n2cncc2-c2ccccc2)CCN1. The monoisotopic (exact) mass is 241 g/mol. The van der Waals surface area contributed by atoms with E-state index in [2.05, 4.69) is 52.1 Å². The van der Waals surface area contributed by atoms with E-state index in [0.29, 0.717) is 12.1 Å². The molecular formula is C15H19N3. The number of aromatic nitrogens is 2. The third-order valence-electron chi connectivity index (χ3n) is 3.72. The lowest BCUT2D eigenvalue weighted by Gasteiger charge is -2.30. The summed E-state index contributed by atoms with van der Waals surface area (Å²) in [6.45, 7) is 3.35. The Labute approximate surface area is 108 Å². The summed E-state index contributed by atoms with van der Waals surface area (Å²) in [5.41, 5.74) is 2.48. The molecule has 1 aliphatic heterocycles. The summed E-state index contributed by atoms with van der Waals surface area (Å²) in [5, 5.41) is 3.50. The fraction of sp³-hybridized carbons (Fsp3) is 0.400.